The average molecular weight is 405 g/mol. The number of amides is 1. The Morgan fingerprint density at radius 2 is 1.57 bits per heavy atom. The van der Waals surface area contributed by atoms with Crippen LogP contribution in [-0.4, -0.2) is 25.4 Å². The zero-order chi connectivity index (χ0) is 21.1. The third-order valence-electron chi connectivity index (χ3n) is 5.88. The highest BCUT2D eigenvalue weighted by Crippen LogP contribution is 2.42. The van der Waals surface area contributed by atoms with Gasteiger partial charge in [0.15, 0.2) is 5.78 Å². The van der Waals surface area contributed by atoms with Crippen LogP contribution in [0.4, 0.5) is 0 Å². The van der Waals surface area contributed by atoms with Crippen LogP contribution in [0.3, 0.4) is 0 Å². The fourth-order valence-corrected chi connectivity index (χ4v) is 4.37. The van der Waals surface area contributed by atoms with Gasteiger partial charge in [-0.15, -0.1) is 0 Å². The molecule has 5 nitrogen and oxygen atoms in total. The molecule has 156 valence electrons. The Labute approximate surface area is 177 Å². The summed E-state index contributed by atoms with van der Waals surface area (Å²) in [6.07, 6.45) is 2.36. The summed E-state index contributed by atoms with van der Waals surface area (Å²) in [4.78, 5) is 25.6. The average Bonchev–Trinajstić information content (AvgIpc) is 2.77. The Bertz CT molecular complexity index is 960. The first-order valence-electron chi connectivity index (χ1n) is 10.5. The molecule has 1 heterocycles. The maximum absolute atomic E-state index is 13.2. The number of carbonyl (C=O) groups is 2. The SMILES string of the molecule is CCCOc1ccc([C@H]2CC(=O)NC3=C2C(=O)C[C@H](c2ccc(OC)cc2)C3)cc1. The van der Waals surface area contributed by atoms with Crippen molar-refractivity contribution in [2.24, 2.45) is 0 Å². The highest BCUT2D eigenvalue weighted by Gasteiger charge is 2.38. The van der Waals surface area contributed by atoms with E-state index in [2.05, 4.69) is 12.2 Å². The Balaban J connectivity index is 1.60. The van der Waals surface area contributed by atoms with Crippen LogP contribution >= 0.6 is 0 Å². The Hall–Kier alpha value is -3.08. The summed E-state index contributed by atoms with van der Waals surface area (Å²) in [6.45, 7) is 2.74. The third-order valence-corrected chi connectivity index (χ3v) is 5.88. The smallest absolute Gasteiger partial charge is 0.225 e. The lowest BCUT2D eigenvalue weighted by molar-refractivity contribution is -0.122. The van der Waals surface area contributed by atoms with Gasteiger partial charge in [0, 0.05) is 30.0 Å². The first kappa shape index (κ1) is 20.2. The number of methoxy groups -OCH3 is 1. The van der Waals surface area contributed by atoms with E-state index in [0.717, 1.165) is 40.3 Å². The van der Waals surface area contributed by atoms with Crippen LogP contribution in [0, 0.1) is 0 Å². The van der Waals surface area contributed by atoms with Gasteiger partial charge in [-0.2, -0.15) is 0 Å². The second-order valence-electron chi connectivity index (χ2n) is 7.92. The Kier molecular flexibility index (Phi) is 5.88. The highest BCUT2D eigenvalue weighted by molar-refractivity contribution is 6.02. The van der Waals surface area contributed by atoms with E-state index in [-0.39, 0.29) is 23.5 Å². The number of hydrogen-bond acceptors (Lipinski definition) is 4. The molecular weight excluding hydrogens is 378 g/mol. The maximum atomic E-state index is 13.2. The largest absolute Gasteiger partial charge is 0.497 e. The summed E-state index contributed by atoms with van der Waals surface area (Å²) in [7, 11) is 1.64. The molecule has 0 bridgehead atoms. The molecule has 0 spiro atoms. The molecule has 5 heteroatoms. The number of rotatable bonds is 6. The number of allylic oxidation sites excluding steroid dienone is 2. The first-order valence-corrected chi connectivity index (χ1v) is 10.5. The van der Waals surface area contributed by atoms with Crippen LogP contribution in [0.5, 0.6) is 11.5 Å². The van der Waals surface area contributed by atoms with Crippen LogP contribution in [0.1, 0.15) is 55.6 Å². The molecule has 0 unspecified atom stereocenters. The molecular formula is C25H27NO4. The molecule has 4 rings (SSSR count). The van der Waals surface area contributed by atoms with Crippen molar-refractivity contribution < 1.29 is 19.1 Å². The van der Waals surface area contributed by atoms with Crippen molar-refractivity contribution >= 4 is 11.7 Å². The van der Waals surface area contributed by atoms with Gasteiger partial charge in [0.1, 0.15) is 11.5 Å². The fraction of sp³-hybridized carbons (Fsp3) is 0.360. The topological polar surface area (TPSA) is 64.6 Å². The molecule has 1 aliphatic heterocycles. The van der Waals surface area contributed by atoms with Crippen molar-refractivity contribution in [3.05, 3.63) is 70.9 Å². The fourth-order valence-electron chi connectivity index (χ4n) is 4.37. The molecule has 2 atom stereocenters. The van der Waals surface area contributed by atoms with E-state index in [1.165, 1.54) is 0 Å². The number of hydrogen-bond donors (Lipinski definition) is 1. The monoisotopic (exact) mass is 405 g/mol. The lowest BCUT2D eigenvalue weighted by atomic mass is 9.73. The van der Waals surface area contributed by atoms with E-state index in [1.807, 2.05) is 48.5 Å². The molecule has 0 aromatic heterocycles. The van der Waals surface area contributed by atoms with E-state index in [4.69, 9.17) is 9.47 Å². The summed E-state index contributed by atoms with van der Waals surface area (Å²) in [5.41, 5.74) is 3.61. The van der Waals surface area contributed by atoms with E-state index in [0.29, 0.717) is 25.9 Å². The second-order valence-corrected chi connectivity index (χ2v) is 7.92. The van der Waals surface area contributed by atoms with Gasteiger partial charge in [0.2, 0.25) is 5.91 Å². The molecule has 0 radical (unpaired) electrons. The van der Waals surface area contributed by atoms with E-state index in [1.54, 1.807) is 7.11 Å². The number of Topliss-reactive ketones (excluding diaryl/α,β-unsaturated/α-hetero) is 1. The summed E-state index contributed by atoms with van der Waals surface area (Å²) in [5, 5.41) is 2.98. The van der Waals surface area contributed by atoms with Crippen molar-refractivity contribution in [2.75, 3.05) is 13.7 Å². The van der Waals surface area contributed by atoms with E-state index >= 15 is 0 Å². The lowest BCUT2D eigenvalue weighted by Gasteiger charge is -2.34. The molecule has 2 aromatic carbocycles. The zero-order valence-electron chi connectivity index (χ0n) is 17.4. The van der Waals surface area contributed by atoms with Crippen LogP contribution in [0.25, 0.3) is 0 Å². The van der Waals surface area contributed by atoms with Crippen molar-refractivity contribution in [2.45, 2.75) is 44.4 Å². The standard InChI is InChI=1S/C25H27NO4/c1-3-12-30-20-10-6-17(7-11-20)21-15-24(28)26-22-13-18(14-23(27)25(21)22)16-4-8-19(29-2)9-5-16/h4-11,18,21H,3,12-15H2,1-2H3,(H,26,28)/t18-,21-/m1/s1. The second kappa shape index (κ2) is 8.74. The molecule has 0 saturated carbocycles. The van der Waals surface area contributed by atoms with Gasteiger partial charge in [0.05, 0.1) is 13.7 Å². The van der Waals surface area contributed by atoms with Gasteiger partial charge in [-0.1, -0.05) is 31.2 Å². The summed E-state index contributed by atoms with van der Waals surface area (Å²) < 4.78 is 10.9. The zero-order valence-corrected chi connectivity index (χ0v) is 17.4. The summed E-state index contributed by atoms with van der Waals surface area (Å²) >= 11 is 0. The minimum Gasteiger partial charge on any atom is -0.497 e. The lowest BCUT2D eigenvalue weighted by Crippen LogP contribution is -2.38. The normalized spacial score (nSPS) is 21.1. The van der Waals surface area contributed by atoms with Crippen LogP contribution in [-0.2, 0) is 9.59 Å². The predicted molar refractivity (Wildman–Crippen MR) is 115 cm³/mol. The molecule has 2 aromatic rings. The van der Waals surface area contributed by atoms with E-state index < -0.39 is 0 Å². The quantitative estimate of drug-likeness (QED) is 0.769. The Morgan fingerprint density at radius 1 is 0.900 bits per heavy atom. The van der Waals surface area contributed by atoms with Gasteiger partial charge in [-0.3, -0.25) is 9.59 Å². The molecule has 30 heavy (non-hydrogen) atoms. The number of benzene rings is 2. The minimum atomic E-state index is -0.196. The van der Waals surface area contributed by atoms with Crippen LogP contribution < -0.4 is 14.8 Å². The van der Waals surface area contributed by atoms with Crippen molar-refractivity contribution in [1.29, 1.82) is 0 Å². The predicted octanol–water partition coefficient (Wildman–Crippen LogP) is 4.49. The molecule has 1 amide bonds. The Morgan fingerprint density at radius 3 is 2.23 bits per heavy atom. The number of ketones is 1. The summed E-state index contributed by atoms with van der Waals surface area (Å²) in [6, 6.07) is 15.6. The molecule has 1 aliphatic carbocycles. The van der Waals surface area contributed by atoms with Gasteiger partial charge >= 0.3 is 0 Å². The van der Waals surface area contributed by atoms with Crippen molar-refractivity contribution in [1.82, 2.24) is 5.32 Å². The molecule has 0 saturated heterocycles. The van der Waals surface area contributed by atoms with Crippen LogP contribution in [0.15, 0.2) is 59.8 Å². The highest BCUT2D eigenvalue weighted by atomic mass is 16.5. The van der Waals surface area contributed by atoms with Gasteiger partial charge in [0.25, 0.3) is 0 Å². The summed E-state index contributed by atoms with van der Waals surface area (Å²) in [5.74, 6) is 1.55. The minimum absolute atomic E-state index is 0.0340. The molecule has 2 aliphatic rings. The van der Waals surface area contributed by atoms with E-state index in [9.17, 15) is 9.59 Å². The number of nitrogens with one attached hydrogen (secondary N) is 1. The van der Waals surface area contributed by atoms with Crippen LogP contribution in [0.2, 0.25) is 0 Å². The first-order chi connectivity index (χ1) is 14.6. The molecule has 1 N–H and O–H groups in total. The van der Waals surface area contributed by atoms with Gasteiger partial charge < -0.3 is 14.8 Å². The maximum Gasteiger partial charge on any atom is 0.225 e. The van der Waals surface area contributed by atoms with Gasteiger partial charge in [-0.05, 0) is 54.2 Å². The molecule has 0 fully saturated rings. The third kappa shape index (κ3) is 4.11. The van der Waals surface area contributed by atoms with Crippen molar-refractivity contribution in [3.63, 3.8) is 0 Å². The van der Waals surface area contributed by atoms with Crippen molar-refractivity contribution in [3.8, 4) is 11.5 Å². The number of carbonyl (C=O) groups excluding carboxylic acids is 2. The number of ether oxygens (including phenoxy) is 2. The van der Waals surface area contributed by atoms with Gasteiger partial charge in [-0.25, -0.2) is 0 Å².